The highest BCUT2D eigenvalue weighted by Crippen LogP contribution is 2.27. The summed E-state index contributed by atoms with van der Waals surface area (Å²) in [5, 5.41) is 0. The molecule has 0 aromatic rings. The lowest BCUT2D eigenvalue weighted by Crippen LogP contribution is -2.40. The molecule has 0 aromatic heterocycles. The van der Waals surface area contributed by atoms with Crippen molar-refractivity contribution >= 4 is 21.6 Å². The normalized spacial score (nSPS) is 21.4. The average Bonchev–Trinajstić information content (AvgIpc) is 2.83. The lowest BCUT2D eigenvalue weighted by atomic mass is 9.85. The zero-order valence-electron chi connectivity index (χ0n) is 11.2. The Kier molecular flexibility index (Phi) is 6.38. The number of ether oxygens (including phenoxy) is 1. The van der Waals surface area contributed by atoms with Crippen LogP contribution in [0.15, 0.2) is 0 Å². The Morgan fingerprint density at radius 3 is 2.50 bits per heavy atom. The Hall–Kier alpha value is 0.160. The van der Waals surface area contributed by atoms with Crippen LogP contribution in [0.3, 0.4) is 0 Å². The summed E-state index contributed by atoms with van der Waals surface area (Å²) in [6, 6.07) is 0. The Morgan fingerprint density at radius 1 is 1.39 bits per heavy atom. The minimum Gasteiger partial charge on any atom is -0.377 e. The molecular formula is C12H24ClNO3S. The van der Waals surface area contributed by atoms with E-state index in [-0.39, 0.29) is 17.3 Å². The van der Waals surface area contributed by atoms with Gasteiger partial charge in [-0.3, -0.25) is 0 Å². The maximum atomic E-state index is 11.9. The van der Waals surface area contributed by atoms with Gasteiger partial charge in [0, 0.05) is 19.0 Å². The lowest BCUT2D eigenvalue weighted by molar-refractivity contribution is 0.127. The van der Waals surface area contributed by atoms with Gasteiger partial charge >= 0.3 is 0 Å². The van der Waals surface area contributed by atoms with Gasteiger partial charge in [0.05, 0.1) is 11.9 Å². The van der Waals surface area contributed by atoms with Crippen molar-refractivity contribution < 1.29 is 13.2 Å². The van der Waals surface area contributed by atoms with E-state index in [0.29, 0.717) is 19.0 Å². The van der Waals surface area contributed by atoms with E-state index in [1.165, 1.54) is 0 Å². The first-order valence-corrected chi connectivity index (χ1v) is 8.80. The first kappa shape index (κ1) is 16.2. The molecule has 108 valence electrons. The lowest BCUT2D eigenvalue weighted by Gasteiger charge is -2.29. The van der Waals surface area contributed by atoms with Crippen LogP contribution in [0.25, 0.3) is 0 Å². The molecule has 0 spiro atoms. The van der Waals surface area contributed by atoms with Crippen molar-refractivity contribution in [3.05, 3.63) is 0 Å². The first-order chi connectivity index (χ1) is 8.47. The smallest absolute Gasteiger partial charge is 0.214 e. The van der Waals surface area contributed by atoms with Crippen LogP contribution in [0.1, 0.15) is 39.5 Å². The molecule has 0 amide bonds. The molecule has 1 aliphatic rings. The molecule has 0 aromatic carbocycles. The van der Waals surface area contributed by atoms with Gasteiger partial charge in [-0.2, -0.15) is 0 Å². The largest absolute Gasteiger partial charge is 0.377 e. The Balaban J connectivity index is 2.49. The zero-order chi connectivity index (χ0) is 13.6. The van der Waals surface area contributed by atoms with Crippen molar-refractivity contribution in [3.63, 3.8) is 0 Å². The van der Waals surface area contributed by atoms with Crippen molar-refractivity contribution in [2.45, 2.75) is 45.6 Å². The molecule has 0 bridgehead atoms. The Morgan fingerprint density at radius 2 is 2.06 bits per heavy atom. The summed E-state index contributed by atoms with van der Waals surface area (Å²) in [7, 11) is -3.26. The maximum Gasteiger partial charge on any atom is 0.214 e. The summed E-state index contributed by atoms with van der Waals surface area (Å²) in [5.41, 5.74) is -0.134. The monoisotopic (exact) mass is 297 g/mol. The first-order valence-electron chi connectivity index (χ1n) is 6.62. The molecule has 0 radical (unpaired) electrons. The third-order valence-electron chi connectivity index (χ3n) is 3.88. The molecule has 1 fully saturated rings. The molecule has 1 heterocycles. The fourth-order valence-electron chi connectivity index (χ4n) is 2.08. The third kappa shape index (κ3) is 4.68. The summed E-state index contributed by atoms with van der Waals surface area (Å²) in [4.78, 5) is 0. The van der Waals surface area contributed by atoms with Gasteiger partial charge in [0.2, 0.25) is 10.0 Å². The van der Waals surface area contributed by atoms with Crippen LogP contribution in [-0.2, 0) is 14.8 Å². The van der Waals surface area contributed by atoms with Crippen molar-refractivity contribution in [2.75, 3.05) is 24.8 Å². The second kappa shape index (κ2) is 7.08. The molecule has 0 aliphatic carbocycles. The number of nitrogens with one attached hydrogen (secondary N) is 1. The van der Waals surface area contributed by atoms with Crippen LogP contribution in [0.2, 0.25) is 0 Å². The van der Waals surface area contributed by atoms with Crippen LogP contribution in [-0.4, -0.2) is 39.3 Å². The predicted octanol–water partition coefficient (Wildman–Crippen LogP) is 2.13. The van der Waals surface area contributed by atoms with Gasteiger partial charge in [-0.15, -0.1) is 11.6 Å². The van der Waals surface area contributed by atoms with Crippen molar-refractivity contribution in [2.24, 2.45) is 5.41 Å². The standard InChI is InChI=1S/C12H24ClNO3S/c1-3-12(4-2,9-13)10-14-18(15,16)8-11-6-5-7-17-11/h11,14H,3-10H2,1-2H3. The number of halogens is 1. The van der Waals surface area contributed by atoms with Crippen LogP contribution < -0.4 is 4.72 Å². The van der Waals surface area contributed by atoms with Crippen LogP contribution in [0.5, 0.6) is 0 Å². The maximum absolute atomic E-state index is 11.9. The minimum absolute atomic E-state index is 0.0682. The molecule has 0 saturated carbocycles. The number of rotatable bonds is 8. The summed E-state index contributed by atoms with van der Waals surface area (Å²) in [5.74, 6) is 0.543. The van der Waals surface area contributed by atoms with E-state index in [1.54, 1.807) is 0 Å². The van der Waals surface area contributed by atoms with Gasteiger partial charge in [-0.25, -0.2) is 13.1 Å². The molecule has 6 heteroatoms. The molecule has 1 atom stereocenters. The van der Waals surface area contributed by atoms with E-state index in [4.69, 9.17) is 16.3 Å². The van der Waals surface area contributed by atoms with E-state index < -0.39 is 10.0 Å². The van der Waals surface area contributed by atoms with Gasteiger partial charge in [0.15, 0.2) is 0 Å². The quantitative estimate of drug-likeness (QED) is 0.698. The van der Waals surface area contributed by atoms with Crippen LogP contribution in [0, 0.1) is 5.41 Å². The van der Waals surface area contributed by atoms with Gasteiger partial charge in [-0.1, -0.05) is 13.8 Å². The molecule has 1 saturated heterocycles. The van der Waals surface area contributed by atoms with Crippen molar-refractivity contribution in [1.82, 2.24) is 4.72 Å². The van der Waals surface area contributed by atoms with Gasteiger partial charge in [-0.05, 0) is 31.1 Å². The molecular weight excluding hydrogens is 274 g/mol. The van der Waals surface area contributed by atoms with Gasteiger partial charge in [0.25, 0.3) is 0 Å². The Bertz CT molecular complexity index is 327. The number of sulfonamides is 1. The second-order valence-corrected chi connectivity index (χ2v) is 7.20. The molecule has 1 unspecified atom stereocenters. The van der Waals surface area contributed by atoms with Crippen molar-refractivity contribution in [1.29, 1.82) is 0 Å². The summed E-state index contributed by atoms with van der Waals surface area (Å²) < 4.78 is 31.9. The second-order valence-electron chi connectivity index (χ2n) is 5.08. The van der Waals surface area contributed by atoms with Gasteiger partial charge < -0.3 is 4.74 Å². The SMILES string of the molecule is CCC(CC)(CCl)CNS(=O)(=O)CC1CCCO1. The highest BCUT2D eigenvalue weighted by Gasteiger charge is 2.29. The van der Waals surface area contributed by atoms with E-state index in [9.17, 15) is 8.42 Å². The molecule has 1 aliphatic heterocycles. The summed E-state index contributed by atoms with van der Waals surface area (Å²) in [6.45, 7) is 5.18. The highest BCUT2D eigenvalue weighted by atomic mass is 35.5. The highest BCUT2D eigenvalue weighted by molar-refractivity contribution is 7.89. The summed E-state index contributed by atoms with van der Waals surface area (Å²) in [6.07, 6.45) is 3.39. The fraction of sp³-hybridized carbons (Fsp3) is 1.00. The van der Waals surface area contributed by atoms with Crippen LogP contribution in [0.4, 0.5) is 0 Å². The Labute approximate surface area is 115 Å². The number of hydrogen-bond acceptors (Lipinski definition) is 3. The van der Waals surface area contributed by atoms with Crippen molar-refractivity contribution in [3.8, 4) is 0 Å². The third-order valence-corrected chi connectivity index (χ3v) is 5.84. The molecule has 1 rings (SSSR count). The fourth-order valence-corrected chi connectivity index (χ4v) is 3.95. The van der Waals surface area contributed by atoms with E-state index in [1.807, 2.05) is 13.8 Å². The van der Waals surface area contributed by atoms with Gasteiger partial charge in [0.1, 0.15) is 0 Å². The molecule has 18 heavy (non-hydrogen) atoms. The average molecular weight is 298 g/mol. The topological polar surface area (TPSA) is 55.4 Å². The van der Waals surface area contributed by atoms with E-state index >= 15 is 0 Å². The van der Waals surface area contributed by atoms with Crippen LogP contribution >= 0.6 is 11.6 Å². The summed E-state index contributed by atoms with van der Waals surface area (Å²) >= 11 is 5.96. The predicted molar refractivity (Wildman–Crippen MR) is 74.5 cm³/mol. The number of hydrogen-bond donors (Lipinski definition) is 1. The van der Waals surface area contributed by atoms with E-state index in [0.717, 1.165) is 25.7 Å². The van der Waals surface area contributed by atoms with E-state index in [2.05, 4.69) is 4.72 Å². The molecule has 4 nitrogen and oxygen atoms in total. The zero-order valence-corrected chi connectivity index (χ0v) is 12.8. The minimum atomic E-state index is -3.26. The molecule has 1 N–H and O–H groups in total. The number of alkyl halides is 1.